The van der Waals surface area contributed by atoms with Gasteiger partial charge in [0, 0.05) is 23.2 Å². The van der Waals surface area contributed by atoms with E-state index in [0.717, 1.165) is 6.42 Å². The normalized spacial score (nSPS) is 12.1. The molecule has 0 aliphatic carbocycles. The Morgan fingerprint density at radius 1 is 1.11 bits per heavy atom. The van der Waals surface area contributed by atoms with Crippen LogP contribution in [0.1, 0.15) is 44.5 Å². The predicted molar refractivity (Wildman–Crippen MR) is 77.1 cm³/mol. The Morgan fingerprint density at radius 3 is 2.16 bits per heavy atom. The molecule has 0 spiro atoms. The topological polar surface area (TPSA) is 58.2 Å². The van der Waals surface area contributed by atoms with Crippen molar-refractivity contribution in [2.45, 2.75) is 40.2 Å². The van der Waals surface area contributed by atoms with Gasteiger partial charge < -0.3 is 10.6 Å². The number of carbonyl (C=O) groups is 2. The molecule has 0 heterocycles. The molecule has 0 aliphatic rings. The SMILES string of the molecule is CCC(C)C(=O)Nc1ccc(C(=O)NC(C)C)cc1. The second kappa shape index (κ2) is 6.92. The zero-order valence-electron chi connectivity index (χ0n) is 12.0. The van der Waals surface area contributed by atoms with E-state index in [1.807, 2.05) is 27.7 Å². The summed E-state index contributed by atoms with van der Waals surface area (Å²) >= 11 is 0. The van der Waals surface area contributed by atoms with Gasteiger partial charge in [-0.15, -0.1) is 0 Å². The number of amides is 2. The van der Waals surface area contributed by atoms with Gasteiger partial charge in [-0.2, -0.15) is 0 Å². The molecule has 0 aliphatic heterocycles. The van der Waals surface area contributed by atoms with Gasteiger partial charge in [0.2, 0.25) is 5.91 Å². The highest BCUT2D eigenvalue weighted by molar-refractivity contribution is 5.96. The fraction of sp³-hybridized carbons (Fsp3) is 0.467. The zero-order chi connectivity index (χ0) is 14.4. The summed E-state index contributed by atoms with van der Waals surface area (Å²) in [7, 11) is 0. The fourth-order valence-electron chi connectivity index (χ4n) is 1.50. The van der Waals surface area contributed by atoms with Gasteiger partial charge in [-0.1, -0.05) is 13.8 Å². The van der Waals surface area contributed by atoms with Crippen molar-refractivity contribution in [3.8, 4) is 0 Å². The highest BCUT2D eigenvalue weighted by Crippen LogP contribution is 2.12. The molecule has 0 fully saturated rings. The first-order chi connectivity index (χ1) is 8.93. The molecule has 104 valence electrons. The molecule has 1 aromatic rings. The molecule has 4 heteroatoms. The molecule has 1 aromatic carbocycles. The summed E-state index contributed by atoms with van der Waals surface area (Å²) in [6.07, 6.45) is 0.806. The van der Waals surface area contributed by atoms with E-state index in [0.29, 0.717) is 11.3 Å². The highest BCUT2D eigenvalue weighted by atomic mass is 16.2. The summed E-state index contributed by atoms with van der Waals surface area (Å²) < 4.78 is 0. The van der Waals surface area contributed by atoms with Crippen LogP contribution < -0.4 is 10.6 Å². The van der Waals surface area contributed by atoms with Crippen LogP contribution in [0.4, 0.5) is 5.69 Å². The maximum Gasteiger partial charge on any atom is 0.251 e. The standard InChI is InChI=1S/C15H22N2O2/c1-5-11(4)14(18)17-13-8-6-12(7-9-13)15(19)16-10(2)3/h6-11H,5H2,1-4H3,(H,16,19)(H,17,18). The first-order valence-corrected chi connectivity index (χ1v) is 6.65. The Bertz CT molecular complexity index is 438. The second-order valence-electron chi connectivity index (χ2n) is 5.00. The van der Waals surface area contributed by atoms with Gasteiger partial charge in [-0.3, -0.25) is 9.59 Å². The van der Waals surface area contributed by atoms with E-state index >= 15 is 0 Å². The first-order valence-electron chi connectivity index (χ1n) is 6.65. The molecule has 0 bridgehead atoms. The van der Waals surface area contributed by atoms with Crippen LogP contribution in [0.3, 0.4) is 0 Å². The second-order valence-corrected chi connectivity index (χ2v) is 5.00. The Labute approximate surface area is 114 Å². The predicted octanol–water partition coefficient (Wildman–Crippen LogP) is 2.81. The van der Waals surface area contributed by atoms with Crippen molar-refractivity contribution in [1.29, 1.82) is 0 Å². The minimum atomic E-state index is -0.102. The molecule has 19 heavy (non-hydrogen) atoms. The highest BCUT2D eigenvalue weighted by Gasteiger charge is 2.11. The van der Waals surface area contributed by atoms with Crippen molar-refractivity contribution in [1.82, 2.24) is 5.32 Å². The minimum absolute atomic E-state index is 0.00174. The Kier molecular flexibility index (Phi) is 5.55. The average Bonchev–Trinajstić information content (AvgIpc) is 2.37. The number of benzene rings is 1. The monoisotopic (exact) mass is 262 g/mol. The lowest BCUT2D eigenvalue weighted by molar-refractivity contribution is -0.119. The van der Waals surface area contributed by atoms with Gasteiger partial charge >= 0.3 is 0 Å². The van der Waals surface area contributed by atoms with Crippen LogP contribution in [0.2, 0.25) is 0 Å². The van der Waals surface area contributed by atoms with Gasteiger partial charge in [0.1, 0.15) is 0 Å². The van der Waals surface area contributed by atoms with E-state index in [-0.39, 0.29) is 23.8 Å². The van der Waals surface area contributed by atoms with Crippen LogP contribution in [0.15, 0.2) is 24.3 Å². The summed E-state index contributed by atoms with van der Waals surface area (Å²) in [5.74, 6) is -0.111. The summed E-state index contributed by atoms with van der Waals surface area (Å²) in [5.41, 5.74) is 1.31. The van der Waals surface area contributed by atoms with Crippen molar-refractivity contribution in [2.75, 3.05) is 5.32 Å². The Balaban J connectivity index is 2.66. The number of hydrogen-bond acceptors (Lipinski definition) is 2. The van der Waals surface area contributed by atoms with E-state index in [1.165, 1.54) is 0 Å². The molecular formula is C15H22N2O2. The van der Waals surface area contributed by atoms with Gasteiger partial charge in [-0.05, 0) is 44.5 Å². The van der Waals surface area contributed by atoms with Crippen LogP contribution in [-0.2, 0) is 4.79 Å². The number of hydrogen-bond donors (Lipinski definition) is 2. The number of anilines is 1. The first kappa shape index (κ1) is 15.2. The van der Waals surface area contributed by atoms with Crippen molar-refractivity contribution in [3.05, 3.63) is 29.8 Å². The van der Waals surface area contributed by atoms with Crippen LogP contribution in [0.5, 0.6) is 0 Å². The summed E-state index contributed by atoms with van der Waals surface area (Å²) in [6, 6.07) is 7.02. The molecular weight excluding hydrogens is 240 g/mol. The van der Waals surface area contributed by atoms with E-state index in [1.54, 1.807) is 24.3 Å². The van der Waals surface area contributed by atoms with E-state index < -0.39 is 0 Å². The molecule has 2 amide bonds. The van der Waals surface area contributed by atoms with Crippen LogP contribution in [0.25, 0.3) is 0 Å². The molecule has 2 N–H and O–H groups in total. The van der Waals surface area contributed by atoms with Crippen LogP contribution in [0, 0.1) is 5.92 Å². The number of rotatable bonds is 5. The van der Waals surface area contributed by atoms with Gasteiger partial charge in [-0.25, -0.2) is 0 Å². The van der Waals surface area contributed by atoms with E-state index in [2.05, 4.69) is 10.6 Å². The third-order valence-corrected chi connectivity index (χ3v) is 2.89. The maximum atomic E-state index is 11.7. The van der Waals surface area contributed by atoms with Gasteiger partial charge in [0.25, 0.3) is 5.91 Å². The molecule has 1 unspecified atom stereocenters. The zero-order valence-corrected chi connectivity index (χ0v) is 12.0. The molecule has 1 rings (SSSR count). The molecule has 0 aromatic heterocycles. The van der Waals surface area contributed by atoms with E-state index in [4.69, 9.17) is 0 Å². The fourth-order valence-corrected chi connectivity index (χ4v) is 1.50. The lowest BCUT2D eigenvalue weighted by Crippen LogP contribution is -2.30. The van der Waals surface area contributed by atoms with Crippen molar-refractivity contribution >= 4 is 17.5 Å². The van der Waals surface area contributed by atoms with Crippen molar-refractivity contribution < 1.29 is 9.59 Å². The molecule has 0 saturated heterocycles. The lowest BCUT2D eigenvalue weighted by atomic mass is 10.1. The van der Waals surface area contributed by atoms with Gasteiger partial charge in [0.15, 0.2) is 0 Å². The summed E-state index contributed by atoms with van der Waals surface area (Å²) in [4.78, 5) is 23.5. The third-order valence-electron chi connectivity index (χ3n) is 2.89. The number of nitrogens with one attached hydrogen (secondary N) is 2. The van der Waals surface area contributed by atoms with Crippen LogP contribution >= 0.6 is 0 Å². The molecule has 4 nitrogen and oxygen atoms in total. The van der Waals surface area contributed by atoms with Gasteiger partial charge in [0.05, 0.1) is 0 Å². The summed E-state index contributed by atoms with van der Waals surface area (Å²) in [6.45, 7) is 7.70. The molecule has 1 atom stereocenters. The molecule has 0 radical (unpaired) electrons. The smallest absolute Gasteiger partial charge is 0.251 e. The number of carbonyl (C=O) groups excluding carboxylic acids is 2. The van der Waals surface area contributed by atoms with E-state index in [9.17, 15) is 9.59 Å². The third kappa shape index (κ3) is 4.73. The quantitative estimate of drug-likeness (QED) is 0.857. The minimum Gasteiger partial charge on any atom is -0.350 e. The summed E-state index contributed by atoms with van der Waals surface area (Å²) in [5, 5.41) is 5.65. The largest absolute Gasteiger partial charge is 0.350 e. The lowest BCUT2D eigenvalue weighted by Gasteiger charge is -2.11. The van der Waals surface area contributed by atoms with Crippen molar-refractivity contribution in [3.63, 3.8) is 0 Å². The van der Waals surface area contributed by atoms with Crippen molar-refractivity contribution in [2.24, 2.45) is 5.92 Å². The molecule has 0 saturated carbocycles. The van der Waals surface area contributed by atoms with Crippen LogP contribution in [-0.4, -0.2) is 17.9 Å². The Morgan fingerprint density at radius 2 is 1.68 bits per heavy atom. The Hall–Kier alpha value is -1.84. The average molecular weight is 262 g/mol. The maximum absolute atomic E-state index is 11.7.